The summed E-state index contributed by atoms with van der Waals surface area (Å²) >= 11 is 0. The van der Waals surface area contributed by atoms with E-state index in [1.807, 2.05) is 17.9 Å². The fourth-order valence-corrected chi connectivity index (χ4v) is 2.16. The largest absolute Gasteiger partial charge is 0.341 e. The van der Waals surface area contributed by atoms with Crippen molar-refractivity contribution in [2.75, 3.05) is 13.1 Å². The van der Waals surface area contributed by atoms with E-state index in [-0.39, 0.29) is 11.9 Å². The summed E-state index contributed by atoms with van der Waals surface area (Å²) in [6.45, 7) is 4.32. The minimum Gasteiger partial charge on any atom is -0.341 e. The summed E-state index contributed by atoms with van der Waals surface area (Å²) in [5.74, 6) is 0.198. The van der Waals surface area contributed by atoms with E-state index in [0.717, 1.165) is 31.6 Å². The summed E-state index contributed by atoms with van der Waals surface area (Å²) in [5, 5.41) is 3.21. The summed E-state index contributed by atoms with van der Waals surface area (Å²) in [6.07, 6.45) is 6.73. The third-order valence-electron chi connectivity index (χ3n) is 3.27. The summed E-state index contributed by atoms with van der Waals surface area (Å²) in [5.41, 5.74) is 0.906. The molecule has 1 fully saturated rings. The van der Waals surface area contributed by atoms with Gasteiger partial charge in [-0.25, -0.2) is 9.97 Å². The highest BCUT2D eigenvalue weighted by atomic mass is 16.2. The highest BCUT2D eigenvalue weighted by Crippen LogP contribution is 2.10. The highest BCUT2D eigenvalue weighted by molar-refractivity contribution is 5.81. The summed E-state index contributed by atoms with van der Waals surface area (Å²) < 4.78 is 0. The van der Waals surface area contributed by atoms with Crippen LogP contribution in [0.4, 0.5) is 0 Å². The Bertz CT molecular complexity index is 376. The number of nitrogens with one attached hydrogen (secondary N) is 1. The Morgan fingerprint density at radius 1 is 1.44 bits per heavy atom. The van der Waals surface area contributed by atoms with Gasteiger partial charge < -0.3 is 10.2 Å². The predicted octanol–water partition coefficient (Wildman–Crippen LogP) is 0.967. The van der Waals surface area contributed by atoms with Crippen LogP contribution < -0.4 is 5.32 Å². The average Bonchev–Trinajstić information content (AvgIpc) is 2.46. The van der Waals surface area contributed by atoms with Crippen molar-refractivity contribution in [3.05, 3.63) is 24.3 Å². The molecule has 0 radical (unpaired) electrons. The highest BCUT2D eigenvalue weighted by Gasteiger charge is 2.21. The molecule has 1 aromatic heterocycles. The first-order chi connectivity index (χ1) is 8.77. The zero-order valence-corrected chi connectivity index (χ0v) is 10.8. The zero-order valence-electron chi connectivity index (χ0n) is 10.8. The second-order valence-corrected chi connectivity index (χ2v) is 4.69. The first kappa shape index (κ1) is 13.0. The quantitative estimate of drug-likeness (QED) is 0.862. The first-order valence-electron chi connectivity index (χ1n) is 6.54. The maximum Gasteiger partial charge on any atom is 0.239 e. The number of amides is 1. The Labute approximate surface area is 108 Å². The predicted molar refractivity (Wildman–Crippen MR) is 68.8 cm³/mol. The van der Waals surface area contributed by atoms with Crippen molar-refractivity contribution >= 4 is 5.91 Å². The number of nitrogens with zero attached hydrogens (tertiary/aromatic N) is 3. The van der Waals surface area contributed by atoms with Crippen molar-refractivity contribution in [1.29, 1.82) is 0 Å². The lowest BCUT2D eigenvalue weighted by molar-refractivity contribution is -0.133. The van der Waals surface area contributed by atoms with Crippen molar-refractivity contribution in [3.63, 3.8) is 0 Å². The van der Waals surface area contributed by atoms with Crippen LogP contribution in [0.3, 0.4) is 0 Å². The fraction of sp³-hybridized carbons (Fsp3) is 0.615. The lowest BCUT2D eigenvalue weighted by Crippen LogP contribution is -2.46. The van der Waals surface area contributed by atoms with E-state index >= 15 is 0 Å². The molecule has 1 amide bonds. The van der Waals surface area contributed by atoms with E-state index in [4.69, 9.17) is 0 Å². The third-order valence-corrected chi connectivity index (χ3v) is 3.27. The average molecular weight is 248 g/mol. The molecule has 5 heteroatoms. The van der Waals surface area contributed by atoms with Gasteiger partial charge in [-0.15, -0.1) is 0 Å². The molecule has 2 heterocycles. The van der Waals surface area contributed by atoms with E-state index in [1.165, 1.54) is 12.7 Å². The van der Waals surface area contributed by atoms with Crippen LogP contribution in [0.15, 0.2) is 18.6 Å². The van der Waals surface area contributed by atoms with Gasteiger partial charge in [-0.2, -0.15) is 0 Å². The lowest BCUT2D eigenvalue weighted by Gasteiger charge is -2.29. The Balaban J connectivity index is 1.80. The first-order valence-corrected chi connectivity index (χ1v) is 6.54. The number of carbonyl (C=O) groups excluding carboxylic acids is 1. The van der Waals surface area contributed by atoms with Gasteiger partial charge in [-0.05, 0) is 32.3 Å². The molecule has 18 heavy (non-hydrogen) atoms. The minimum absolute atomic E-state index is 0.155. The second kappa shape index (κ2) is 6.44. The van der Waals surface area contributed by atoms with Gasteiger partial charge in [-0.3, -0.25) is 4.79 Å². The van der Waals surface area contributed by atoms with Gasteiger partial charge in [-0.1, -0.05) is 0 Å². The summed E-state index contributed by atoms with van der Waals surface area (Å²) in [4.78, 5) is 22.1. The van der Waals surface area contributed by atoms with Crippen LogP contribution in [-0.2, 0) is 11.3 Å². The van der Waals surface area contributed by atoms with Gasteiger partial charge in [0, 0.05) is 25.8 Å². The van der Waals surface area contributed by atoms with Crippen molar-refractivity contribution in [2.24, 2.45) is 0 Å². The molecular formula is C13H20N4O. The number of hydrogen-bond donors (Lipinski definition) is 1. The van der Waals surface area contributed by atoms with E-state index in [1.54, 1.807) is 6.20 Å². The molecule has 1 aromatic rings. The SMILES string of the molecule is CC(NCc1ccncn1)C(=O)N1CCCCC1. The number of rotatable bonds is 4. The van der Waals surface area contributed by atoms with Crippen LogP contribution in [0, 0.1) is 0 Å². The Kier molecular flexibility index (Phi) is 4.64. The smallest absolute Gasteiger partial charge is 0.239 e. The molecule has 1 aliphatic heterocycles. The fourth-order valence-electron chi connectivity index (χ4n) is 2.16. The minimum atomic E-state index is -0.155. The molecule has 5 nitrogen and oxygen atoms in total. The summed E-state index contributed by atoms with van der Waals surface area (Å²) in [7, 11) is 0. The molecular weight excluding hydrogens is 228 g/mol. The maximum atomic E-state index is 12.2. The van der Waals surface area contributed by atoms with Crippen LogP contribution >= 0.6 is 0 Å². The second-order valence-electron chi connectivity index (χ2n) is 4.69. The van der Waals surface area contributed by atoms with Crippen LogP contribution in [0.25, 0.3) is 0 Å². The van der Waals surface area contributed by atoms with Gasteiger partial charge in [0.2, 0.25) is 5.91 Å². The topological polar surface area (TPSA) is 58.1 Å². The van der Waals surface area contributed by atoms with Crippen LogP contribution in [0.1, 0.15) is 31.9 Å². The molecule has 2 rings (SSSR count). The number of piperidine rings is 1. The number of likely N-dealkylation sites (tertiary alicyclic amines) is 1. The van der Waals surface area contributed by atoms with Crippen molar-refractivity contribution < 1.29 is 4.79 Å². The third kappa shape index (κ3) is 3.50. The number of carbonyl (C=O) groups is 1. The molecule has 98 valence electrons. The van der Waals surface area contributed by atoms with E-state index in [0.29, 0.717) is 6.54 Å². The maximum absolute atomic E-state index is 12.2. The molecule has 0 bridgehead atoms. The van der Waals surface area contributed by atoms with Gasteiger partial charge in [0.1, 0.15) is 6.33 Å². The number of aromatic nitrogens is 2. The Morgan fingerprint density at radius 3 is 2.89 bits per heavy atom. The van der Waals surface area contributed by atoms with Crippen LogP contribution in [0.2, 0.25) is 0 Å². The normalized spacial score (nSPS) is 17.5. The molecule has 1 unspecified atom stereocenters. The van der Waals surface area contributed by atoms with Crippen molar-refractivity contribution in [1.82, 2.24) is 20.2 Å². The van der Waals surface area contributed by atoms with E-state index in [9.17, 15) is 4.79 Å². The van der Waals surface area contributed by atoms with Crippen molar-refractivity contribution in [2.45, 2.75) is 38.8 Å². The Hall–Kier alpha value is -1.49. The van der Waals surface area contributed by atoms with Gasteiger partial charge in [0.15, 0.2) is 0 Å². The van der Waals surface area contributed by atoms with E-state index in [2.05, 4.69) is 15.3 Å². The molecule has 1 aliphatic rings. The monoisotopic (exact) mass is 248 g/mol. The molecule has 1 N–H and O–H groups in total. The molecule has 0 saturated carbocycles. The zero-order chi connectivity index (χ0) is 12.8. The Morgan fingerprint density at radius 2 is 2.22 bits per heavy atom. The standard InChI is InChI=1S/C13H20N4O/c1-11(13(18)17-7-3-2-4-8-17)15-9-12-5-6-14-10-16-12/h5-6,10-11,15H,2-4,7-9H2,1H3. The van der Waals surface area contributed by atoms with Crippen LogP contribution in [-0.4, -0.2) is 39.9 Å². The molecule has 0 spiro atoms. The van der Waals surface area contributed by atoms with Crippen LogP contribution in [0.5, 0.6) is 0 Å². The summed E-state index contributed by atoms with van der Waals surface area (Å²) in [6, 6.07) is 1.70. The van der Waals surface area contributed by atoms with E-state index < -0.39 is 0 Å². The van der Waals surface area contributed by atoms with Gasteiger partial charge in [0.05, 0.1) is 11.7 Å². The molecule has 0 aliphatic carbocycles. The molecule has 0 aromatic carbocycles. The lowest BCUT2D eigenvalue weighted by atomic mass is 10.1. The van der Waals surface area contributed by atoms with Gasteiger partial charge in [0.25, 0.3) is 0 Å². The molecule has 1 saturated heterocycles. The molecule has 1 atom stereocenters. The van der Waals surface area contributed by atoms with Crippen molar-refractivity contribution in [3.8, 4) is 0 Å². The van der Waals surface area contributed by atoms with Gasteiger partial charge >= 0.3 is 0 Å². The number of hydrogen-bond acceptors (Lipinski definition) is 4.